The van der Waals surface area contributed by atoms with Crippen LogP contribution in [-0.4, -0.2) is 11.6 Å². The van der Waals surface area contributed by atoms with Crippen molar-refractivity contribution in [1.29, 1.82) is 0 Å². The molecule has 0 aromatic heterocycles. The van der Waals surface area contributed by atoms with Crippen molar-refractivity contribution in [1.82, 2.24) is 0 Å². The Morgan fingerprint density at radius 3 is 2.27 bits per heavy atom. The molecule has 1 aromatic carbocycles. The molecule has 0 saturated heterocycles. The lowest BCUT2D eigenvalue weighted by molar-refractivity contribution is -0.125. The zero-order chi connectivity index (χ0) is 11.3. The average Bonchev–Trinajstić information content (AvgIpc) is 2.16. The highest BCUT2D eigenvalue weighted by Gasteiger charge is 2.05. The second-order valence-electron chi connectivity index (χ2n) is 3.90. The molecule has 80 valence electrons. The summed E-state index contributed by atoms with van der Waals surface area (Å²) in [6, 6.07) is 8.11. The van der Waals surface area contributed by atoms with Crippen LogP contribution in [0.3, 0.4) is 0 Å². The van der Waals surface area contributed by atoms with Crippen molar-refractivity contribution in [3.63, 3.8) is 0 Å². The van der Waals surface area contributed by atoms with Crippen molar-refractivity contribution >= 4 is 11.6 Å². The Balaban J connectivity index is 2.40. The minimum Gasteiger partial charge on any atom is -0.300 e. The van der Waals surface area contributed by atoms with Gasteiger partial charge in [-0.15, -0.1) is 0 Å². The van der Waals surface area contributed by atoms with Gasteiger partial charge in [0.25, 0.3) is 0 Å². The van der Waals surface area contributed by atoms with Crippen LogP contribution in [-0.2, 0) is 16.0 Å². The third-order valence-electron chi connectivity index (χ3n) is 2.26. The molecule has 1 rings (SSSR count). The third kappa shape index (κ3) is 4.54. The summed E-state index contributed by atoms with van der Waals surface area (Å²) in [6.07, 6.45) is 1.26. The molecule has 0 amide bonds. The second kappa shape index (κ2) is 5.44. The number of hydrogen-bond acceptors (Lipinski definition) is 2. The van der Waals surface area contributed by atoms with E-state index in [2.05, 4.69) is 0 Å². The van der Waals surface area contributed by atoms with Crippen LogP contribution in [0.5, 0.6) is 0 Å². The lowest BCUT2D eigenvalue weighted by atomic mass is 10.0. The van der Waals surface area contributed by atoms with Crippen LogP contribution in [0.4, 0.5) is 0 Å². The first-order chi connectivity index (χ1) is 7.08. The van der Waals surface area contributed by atoms with E-state index in [0.717, 1.165) is 12.0 Å². The van der Waals surface area contributed by atoms with Gasteiger partial charge in [-0.1, -0.05) is 29.8 Å². The number of rotatable bonds is 5. The highest BCUT2D eigenvalue weighted by Crippen LogP contribution is 2.06. The van der Waals surface area contributed by atoms with Gasteiger partial charge in [-0.3, -0.25) is 9.59 Å². The summed E-state index contributed by atoms with van der Waals surface area (Å²) >= 11 is 0. The number of Topliss-reactive ketones (excluding diaryl/α,β-unsaturated/α-hetero) is 2. The SMILES string of the molecule is CC(=O)CC(=O)CCc1ccc(C)cc1. The van der Waals surface area contributed by atoms with E-state index < -0.39 is 0 Å². The van der Waals surface area contributed by atoms with Crippen molar-refractivity contribution in [3.05, 3.63) is 35.4 Å². The Labute approximate surface area is 90.3 Å². The first kappa shape index (κ1) is 11.6. The van der Waals surface area contributed by atoms with E-state index in [1.54, 1.807) is 0 Å². The molecule has 0 aliphatic heterocycles. The molecule has 2 nitrogen and oxygen atoms in total. The van der Waals surface area contributed by atoms with Crippen molar-refractivity contribution in [2.24, 2.45) is 0 Å². The van der Waals surface area contributed by atoms with Gasteiger partial charge in [0, 0.05) is 6.42 Å². The van der Waals surface area contributed by atoms with Crippen molar-refractivity contribution in [2.45, 2.75) is 33.1 Å². The van der Waals surface area contributed by atoms with Gasteiger partial charge in [-0.25, -0.2) is 0 Å². The molecule has 0 radical (unpaired) electrons. The number of carbonyl (C=O) groups is 2. The largest absolute Gasteiger partial charge is 0.300 e. The van der Waals surface area contributed by atoms with Crippen LogP contribution in [0, 0.1) is 6.92 Å². The predicted octanol–water partition coefficient (Wildman–Crippen LogP) is 2.48. The van der Waals surface area contributed by atoms with Crippen molar-refractivity contribution in [2.75, 3.05) is 0 Å². The zero-order valence-electron chi connectivity index (χ0n) is 9.25. The lowest BCUT2D eigenvalue weighted by Gasteiger charge is -2.00. The van der Waals surface area contributed by atoms with E-state index in [1.807, 2.05) is 31.2 Å². The fourth-order valence-corrected chi connectivity index (χ4v) is 1.40. The molecule has 1 aromatic rings. The highest BCUT2D eigenvalue weighted by molar-refractivity contribution is 5.97. The summed E-state index contributed by atoms with van der Waals surface area (Å²) in [6.45, 7) is 3.48. The smallest absolute Gasteiger partial charge is 0.140 e. The van der Waals surface area contributed by atoms with Crippen LogP contribution in [0.25, 0.3) is 0 Å². The van der Waals surface area contributed by atoms with Gasteiger partial charge in [0.1, 0.15) is 11.6 Å². The maximum atomic E-state index is 11.3. The second-order valence-corrected chi connectivity index (χ2v) is 3.90. The maximum absolute atomic E-state index is 11.3. The summed E-state index contributed by atoms with van der Waals surface area (Å²) in [4.78, 5) is 22.0. The molecule has 2 heteroatoms. The zero-order valence-corrected chi connectivity index (χ0v) is 9.25. The minimum absolute atomic E-state index is 0.0306. The minimum atomic E-state index is -0.0519. The molecule has 0 fully saturated rings. The molecule has 0 spiro atoms. The first-order valence-corrected chi connectivity index (χ1v) is 5.14. The number of aryl methyl sites for hydroxylation is 2. The monoisotopic (exact) mass is 204 g/mol. The quantitative estimate of drug-likeness (QED) is 0.690. The van der Waals surface area contributed by atoms with E-state index in [1.165, 1.54) is 12.5 Å². The van der Waals surface area contributed by atoms with Crippen molar-refractivity contribution in [3.8, 4) is 0 Å². The molecule has 0 N–H and O–H groups in total. The number of carbonyl (C=O) groups excluding carboxylic acids is 2. The van der Waals surface area contributed by atoms with Gasteiger partial charge < -0.3 is 0 Å². The van der Waals surface area contributed by atoms with Gasteiger partial charge in [0.05, 0.1) is 6.42 Å². The molecular weight excluding hydrogens is 188 g/mol. The van der Waals surface area contributed by atoms with E-state index in [0.29, 0.717) is 6.42 Å². The Hall–Kier alpha value is -1.44. The summed E-state index contributed by atoms with van der Waals surface area (Å²) in [7, 11) is 0. The third-order valence-corrected chi connectivity index (χ3v) is 2.26. The van der Waals surface area contributed by atoms with Crippen LogP contribution in [0.1, 0.15) is 30.9 Å². The van der Waals surface area contributed by atoms with Gasteiger partial charge in [-0.2, -0.15) is 0 Å². The Bertz CT molecular complexity index is 349. The number of ketones is 2. The molecule has 0 bridgehead atoms. The topological polar surface area (TPSA) is 34.1 Å². The van der Waals surface area contributed by atoms with Gasteiger partial charge >= 0.3 is 0 Å². The summed E-state index contributed by atoms with van der Waals surface area (Å²) < 4.78 is 0. The van der Waals surface area contributed by atoms with Gasteiger partial charge in [-0.05, 0) is 25.8 Å². The average molecular weight is 204 g/mol. The molecule has 0 aliphatic carbocycles. The highest BCUT2D eigenvalue weighted by atomic mass is 16.1. The molecule has 0 heterocycles. The van der Waals surface area contributed by atoms with Crippen LogP contribution < -0.4 is 0 Å². The van der Waals surface area contributed by atoms with Gasteiger partial charge in [0.2, 0.25) is 0 Å². The Kier molecular flexibility index (Phi) is 4.22. The standard InChI is InChI=1S/C13H16O2/c1-10-3-5-12(6-4-10)7-8-13(15)9-11(2)14/h3-6H,7-9H2,1-2H3. The first-order valence-electron chi connectivity index (χ1n) is 5.14. The molecule has 15 heavy (non-hydrogen) atoms. The number of hydrogen-bond donors (Lipinski definition) is 0. The normalized spacial score (nSPS) is 10.0. The van der Waals surface area contributed by atoms with Crippen LogP contribution in [0.2, 0.25) is 0 Å². The fraction of sp³-hybridized carbons (Fsp3) is 0.385. The predicted molar refractivity (Wildman–Crippen MR) is 59.8 cm³/mol. The van der Waals surface area contributed by atoms with Crippen molar-refractivity contribution < 1.29 is 9.59 Å². The van der Waals surface area contributed by atoms with E-state index in [4.69, 9.17) is 0 Å². The molecule has 0 unspecified atom stereocenters. The lowest BCUT2D eigenvalue weighted by Crippen LogP contribution is -2.05. The summed E-state index contributed by atoms with van der Waals surface area (Å²) in [5.74, 6) is -0.0213. The Morgan fingerprint density at radius 2 is 1.73 bits per heavy atom. The van der Waals surface area contributed by atoms with Crippen LogP contribution >= 0.6 is 0 Å². The molecule has 0 aliphatic rings. The van der Waals surface area contributed by atoms with Crippen LogP contribution in [0.15, 0.2) is 24.3 Å². The molecule has 0 atom stereocenters. The fourth-order valence-electron chi connectivity index (χ4n) is 1.40. The molecule has 0 saturated carbocycles. The summed E-state index contributed by atoms with van der Waals surface area (Å²) in [5, 5.41) is 0. The maximum Gasteiger partial charge on any atom is 0.140 e. The van der Waals surface area contributed by atoms with Gasteiger partial charge in [0.15, 0.2) is 0 Å². The van der Waals surface area contributed by atoms with E-state index in [9.17, 15) is 9.59 Å². The van der Waals surface area contributed by atoms with E-state index >= 15 is 0 Å². The molecular formula is C13H16O2. The van der Waals surface area contributed by atoms with E-state index in [-0.39, 0.29) is 18.0 Å². The Morgan fingerprint density at radius 1 is 1.13 bits per heavy atom. The number of benzene rings is 1. The summed E-state index contributed by atoms with van der Waals surface area (Å²) in [5.41, 5.74) is 2.37.